The third-order valence-electron chi connectivity index (χ3n) is 3.92. The zero-order valence-corrected chi connectivity index (χ0v) is 15.0. The van der Waals surface area contributed by atoms with Gasteiger partial charge in [-0.2, -0.15) is 0 Å². The lowest BCUT2D eigenvalue weighted by atomic mass is 10.2. The zero-order chi connectivity index (χ0) is 18.2. The Morgan fingerprint density at radius 3 is 1.96 bits per heavy atom. The molecule has 0 aliphatic heterocycles. The number of para-hydroxylation sites is 3. The van der Waals surface area contributed by atoms with Gasteiger partial charge in [-0.25, -0.2) is 4.99 Å². The summed E-state index contributed by atoms with van der Waals surface area (Å²) in [4.78, 5) is 6.90. The molecule has 0 amide bonds. The van der Waals surface area contributed by atoms with Crippen molar-refractivity contribution in [1.29, 1.82) is 0 Å². The van der Waals surface area contributed by atoms with Crippen LogP contribution in [0, 0.1) is 0 Å². The van der Waals surface area contributed by atoms with Gasteiger partial charge in [0.15, 0.2) is 0 Å². The van der Waals surface area contributed by atoms with Gasteiger partial charge < -0.3 is 9.64 Å². The molecule has 0 aliphatic rings. The molecule has 130 valence electrons. The molecule has 3 nitrogen and oxygen atoms in total. The molecule has 0 saturated heterocycles. The Labute approximate surface area is 154 Å². The average Bonchev–Trinajstić information content (AvgIpc) is 2.72. The molecular weight excluding hydrogens is 320 g/mol. The Morgan fingerprint density at radius 1 is 0.808 bits per heavy atom. The SMILES string of the molecule is CC(=C\Oc1ccccc1)/C(=N\c1ccccc1)N(C)c1ccccc1. The van der Waals surface area contributed by atoms with Gasteiger partial charge in [0, 0.05) is 18.3 Å². The van der Waals surface area contributed by atoms with Crippen molar-refractivity contribution in [3.05, 3.63) is 103 Å². The number of rotatable bonds is 5. The number of anilines is 1. The van der Waals surface area contributed by atoms with E-state index in [1.165, 1.54) is 0 Å². The number of likely N-dealkylation sites (N-methyl/N-ethyl adjacent to an activating group) is 1. The molecule has 0 saturated carbocycles. The number of aliphatic imine (C=N–C) groups is 1. The molecule has 3 heteroatoms. The van der Waals surface area contributed by atoms with Crippen molar-refractivity contribution in [3.8, 4) is 5.75 Å². The van der Waals surface area contributed by atoms with E-state index >= 15 is 0 Å². The molecule has 0 aliphatic carbocycles. The van der Waals surface area contributed by atoms with Gasteiger partial charge in [0.25, 0.3) is 0 Å². The van der Waals surface area contributed by atoms with E-state index in [9.17, 15) is 0 Å². The van der Waals surface area contributed by atoms with E-state index in [0.717, 1.165) is 28.5 Å². The van der Waals surface area contributed by atoms with Crippen LogP contribution in [0.3, 0.4) is 0 Å². The lowest BCUT2D eigenvalue weighted by molar-refractivity contribution is 0.478. The molecule has 0 spiro atoms. The summed E-state index contributed by atoms with van der Waals surface area (Å²) in [6.45, 7) is 2.00. The van der Waals surface area contributed by atoms with Crippen LogP contribution in [0.1, 0.15) is 6.92 Å². The summed E-state index contributed by atoms with van der Waals surface area (Å²) in [5, 5.41) is 0. The van der Waals surface area contributed by atoms with Crippen LogP contribution in [0.4, 0.5) is 11.4 Å². The van der Waals surface area contributed by atoms with E-state index in [1.807, 2.05) is 92.8 Å². The highest BCUT2D eigenvalue weighted by atomic mass is 16.5. The first-order valence-corrected chi connectivity index (χ1v) is 8.55. The van der Waals surface area contributed by atoms with Crippen LogP contribution in [-0.2, 0) is 0 Å². The highest BCUT2D eigenvalue weighted by Gasteiger charge is 2.12. The smallest absolute Gasteiger partial charge is 0.139 e. The zero-order valence-electron chi connectivity index (χ0n) is 15.0. The Balaban J connectivity index is 1.93. The molecule has 0 heterocycles. The van der Waals surface area contributed by atoms with Gasteiger partial charge in [0.1, 0.15) is 11.6 Å². The highest BCUT2D eigenvalue weighted by Crippen LogP contribution is 2.20. The second kappa shape index (κ2) is 8.67. The number of hydrogen-bond donors (Lipinski definition) is 0. The molecule has 0 N–H and O–H groups in total. The van der Waals surface area contributed by atoms with Gasteiger partial charge in [-0.1, -0.05) is 54.6 Å². The monoisotopic (exact) mass is 342 g/mol. The lowest BCUT2D eigenvalue weighted by Crippen LogP contribution is -2.27. The first-order chi connectivity index (χ1) is 12.7. The molecule has 26 heavy (non-hydrogen) atoms. The maximum absolute atomic E-state index is 5.80. The van der Waals surface area contributed by atoms with Crippen molar-refractivity contribution in [2.24, 2.45) is 4.99 Å². The molecule has 3 aromatic carbocycles. The number of nitrogens with zero attached hydrogens (tertiary/aromatic N) is 2. The van der Waals surface area contributed by atoms with E-state index < -0.39 is 0 Å². The van der Waals surface area contributed by atoms with Crippen molar-refractivity contribution in [1.82, 2.24) is 0 Å². The highest BCUT2D eigenvalue weighted by molar-refractivity contribution is 6.09. The van der Waals surface area contributed by atoms with Crippen molar-refractivity contribution in [2.75, 3.05) is 11.9 Å². The van der Waals surface area contributed by atoms with E-state index in [4.69, 9.17) is 9.73 Å². The predicted octanol–water partition coefficient (Wildman–Crippen LogP) is 5.84. The minimum Gasteiger partial charge on any atom is -0.465 e. The quantitative estimate of drug-likeness (QED) is 0.331. The van der Waals surface area contributed by atoms with E-state index in [1.54, 1.807) is 6.26 Å². The van der Waals surface area contributed by atoms with Gasteiger partial charge in [-0.15, -0.1) is 0 Å². The van der Waals surface area contributed by atoms with Crippen LogP contribution in [-0.4, -0.2) is 12.9 Å². The van der Waals surface area contributed by atoms with Crippen LogP contribution in [0.25, 0.3) is 0 Å². The van der Waals surface area contributed by atoms with Crippen molar-refractivity contribution >= 4 is 17.2 Å². The number of amidine groups is 1. The Kier molecular flexibility index (Phi) is 5.84. The third kappa shape index (κ3) is 4.61. The van der Waals surface area contributed by atoms with Crippen LogP contribution in [0.2, 0.25) is 0 Å². The fourth-order valence-corrected chi connectivity index (χ4v) is 2.53. The maximum atomic E-state index is 5.80. The minimum atomic E-state index is 0.799. The predicted molar refractivity (Wildman–Crippen MR) is 109 cm³/mol. The fraction of sp³-hybridized carbons (Fsp3) is 0.0870. The third-order valence-corrected chi connectivity index (χ3v) is 3.92. The van der Waals surface area contributed by atoms with E-state index in [0.29, 0.717) is 0 Å². The van der Waals surface area contributed by atoms with Gasteiger partial charge in [-0.3, -0.25) is 0 Å². The molecule has 3 aromatic rings. The summed E-state index contributed by atoms with van der Waals surface area (Å²) in [6.07, 6.45) is 1.75. The maximum Gasteiger partial charge on any atom is 0.139 e. The van der Waals surface area contributed by atoms with Gasteiger partial charge in [0.05, 0.1) is 11.9 Å². The van der Waals surface area contributed by atoms with Crippen molar-refractivity contribution in [3.63, 3.8) is 0 Å². The Bertz CT molecular complexity index is 872. The largest absolute Gasteiger partial charge is 0.465 e. The summed E-state index contributed by atoms with van der Waals surface area (Å²) in [6, 6.07) is 29.8. The van der Waals surface area contributed by atoms with E-state index in [-0.39, 0.29) is 0 Å². The Hall–Kier alpha value is -3.33. The van der Waals surface area contributed by atoms with Crippen LogP contribution >= 0.6 is 0 Å². The van der Waals surface area contributed by atoms with Crippen LogP contribution < -0.4 is 9.64 Å². The molecule has 0 atom stereocenters. The summed E-state index contributed by atoms with van der Waals surface area (Å²) in [5.74, 6) is 1.63. The Morgan fingerprint density at radius 2 is 1.35 bits per heavy atom. The van der Waals surface area contributed by atoms with Crippen molar-refractivity contribution in [2.45, 2.75) is 6.92 Å². The second-order valence-corrected chi connectivity index (χ2v) is 5.90. The van der Waals surface area contributed by atoms with Crippen LogP contribution in [0.15, 0.2) is 108 Å². The first-order valence-electron chi connectivity index (χ1n) is 8.55. The number of hydrogen-bond acceptors (Lipinski definition) is 2. The lowest BCUT2D eigenvalue weighted by Gasteiger charge is -2.22. The number of ether oxygens (including phenoxy) is 1. The topological polar surface area (TPSA) is 24.8 Å². The average molecular weight is 342 g/mol. The summed E-state index contributed by atoms with van der Waals surface area (Å²) in [7, 11) is 2.01. The summed E-state index contributed by atoms with van der Waals surface area (Å²) in [5.41, 5.74) is 2.90. The standard InChI is InChI=1S/C23H22N2O/c1-19(18-26-22-16-10-5-11-17-22)23(24-20-12-6-3-7-13-20)25(2)21-14-8-4-9-15-21/h3-18H,1-2H3/b19-18+,24-23+. The van der Waals surface area contributed by atoms with Gasteiger partial charge in [-0.05, 0) is 43.3 Å². The molecule has 0 aromatic heterocycles. The molecular formula is C23H22N2O. The molecule has 0 radical (unpaired) electrons. The summed E-state index contributed by atoms with van der Waals surface area (Å²) >= 11 is 0. The normalized spacial score (nSPS) is 11.9. The molecule has 3 rings (SSSR count). The molecule has 0 unspecified atom stereocenters. The molecule has 0 bridgehead atoms. The summed E-state index contributed by atoms with van der Waals surface area (Å²) < 4.78 is 5.80. The molecule has 0 fully saturated rings. The van der Waals surface area contributed by atoms with Gasteiger partial charge >= 0.3 is 0 Å². The fourth-order valence-electron chi connectivity index (χ4n) is 2.53. The van der Waals surface area contributed by atoms with Crippen LogP contribution in [0.5, 0.6) is 5.75 Å². The minimum absolute atomic E-state index is 0.799. The van der Waals surface area contributed by atoms with E-state index in [2.05, 4.69) is 17.0 Å². The number of benzene rings is 3. The second-order valence-electron chi connectivity index (χ2n) is 5.90. The van der Waals surface area contributed by atoms with Gasteiger partial charge in [0.2, 0.25) is 0 Å². The first kappa shape index (κ1) is 17.5. The van der Waals surface area contributed by atoms with Crippen molar-refractivity contribution < 1.29 is 4.74 Å².